The largest absolute Gasteiger partial charge is 0.356 e. The number of rotatable bonds is 4. The Kier molecular flexibility index (Phi) is 5.55. The molecular weight excluding hydrogens is 388 g/mol. The maximum Gasteiger partial charge on any atom is 0.265 e. The van der Waals surface area contributed by atoms with E-state index in [2.05, 4.69) is 21.3 Å². The molecule has 7 heteroatoms. The van der Waals surface area contributed by atoms with E-state index in [0.29, 0.717) is 4.88 Å². The third kappa shape index (κ3) is 3.86. The van der Waals surface area contributed by atoms with Gasteiger partial charge in [-0.05, 0) is 62.6 Å². The molecule has 0 unspecified atom stereocenters. The molecule has 1 aliphatic heterocycles. The second kappa shape index (κ2) is 8.09. The summed E-state index contributed by atoms with van der Waals surface area (Å²) in [4.78, 5) is 26.2. The highest BCUT2D eigenvalue weighted by Crippen LogP contribution is 2.34. The fourth-order valence-electron chi connectivity index (χ4n) is 3.49. The first-order chi connectivity index (χ1) is 13.5. The molecule has 0 aliphatic carbocycles. The minimum atomic E-state index is -0.0907. The Morgan fingerprint density at radius 2 is 1.93 bits per heavy atom. The quantitative estimate of drug-likeness (QED) is 0.467. The van der Waals surface area contributed by atoms with Crippen molar-refractivity contribution in [3.63, 3.8) is 0 Å². The number of benzene rings is 1. The monoisotopic (exact) mass is 412 g/mol. The smallest absolute Gasteiger partial charge is 0.265 e. The molecule has 1 N–H and O–H groups in total. The Morgan fingerprint density at radius 1 is 1.14 bits per heavy atom. The van der Waals surface area contributed by atoms with Gasteiger partial charge in [-0.15, -0.1) is 11.3 Å². The van der Waals surface area contributed by atoms with Gasteiger partial charge in [-0.2, -0.15) is 0 Å². The van der Waals surface area contributed by atoms with Crippen molar-refractivity contribution in [1.29, 1.82) is 0 Å². The average Bonchev–Trinajstić information content (AvgIpc) is 3.15. The maximum atomic E-state index is 12.9. The van der Waals surface area contributed by atoms with Crippen molar-refractivity contribution in [2.45, 2.75) is 38.3 Å². The van der Waals surface area contributed by atoms with Gasteiger partial charge in [-0.25, -0.2) is 9.97 Å². The molecule has 0 radical (unpaired) electrons. The first kappa shape index (κ1) is 19.2. The van der Waals surface area contributed by atoms with Crippen molar-refractivity contribution in [3.05, 3.63) is 40.3 Å². The van der Waals surface area contributed by atoms with Crippen LogP contribution in [0, 0.1) is 13.8 Å². The summed E-state index contributed by atoms with van der Waals surface area (Å²) < 4.78 is 0. The third-order valence-electron chi connectivity index (χ3n) is 5.06. The lowest BCUT2D eigenvalue weighted by molar-refractivity contribution is 0.103. The van der Waals surface area contributed by atoms with Gasteiger partial charge in [0.15, 0.2) is 5.16 Å². The lowest BCUT2D eigenvalue weighted by Crippen LogP contribution is -2.30. The fourth-order valence-corrected chi connectivity index (χ4v) is 4.83. The summed E-state index contributed by atoms with van der Waals surface area (Å²) in [6, 6.07) is 8.04. The second-order valence-electron chi connectivity index (χ2n) is 7.18. The molecule has 3 aromatic rings. The normalized spacial score (nSPS) is 14.5. The van der Waals surface area contributed by atoms with E-state index in [4.69, 9.17) is 4.98 Å². The lowest BCUT2D eigenvalue weighted by atomic mass is 10.1. The minimum Gasteiger partial charge on any atom is -0.356 e. The van der Waals surface area contributed by atoms with E-state index in [1.165, 1.54) is 30.6 Å². The Hall–Kier alpha value is -2.12. The number of nitrogens with one attached hydrogen (secondary N) is 1. The topological polar surface area (TPSA) is 58.1 Å². The average molecular weight is 413 g/mol. The van der Waals surface area contributed by atoms with Gasteiger partial charge in [0.25, 0.3) is 5.91 Å². The van der Waals surface area contributed by atoms with Crippen molar-refractivity contribution in [2.24, 2.45) is 0 Å². The molecular formula is C21H24N4OS2. The molecule has 146 valence electrons. The summed E-state index contributed by atoms with van der Waals surface area (Å²) in [6.07, 6.45) is 5.63. The van der Waals surface area contributed by atoms with Crippen LogP contribution in [0.4, 0.5) is 11.5 Å². The van der Waals surface area contributed by atoms with Gasteiger partial charge in [-0.3, -0.25) is 4.79 Å². The van der Waals surface area contributed by atoms with Gasteiger partial charge in [0, 0.05) is 18.8 Å². The number of aryl methyl sites for hydroxylation is 2. The second-order valence-corrected chi connectivity index (χ2v) is 8.99. The number of piperidine rings is 1. The molecule has 1 aliphatic rings. The number of hydrogen-bond donors (Lipinski definition) is 1. The van der Waals surface area contributed by atoms with Crippen molar-refractivity contribution in [1.82, 2.24) is 9.97 Å². The number of nitrogens with zero attached hydrogens (tertiary/aromatic N) is 3. The lowest BCUT2D eigenvalue weighted by Gasteiger charge is -2.28. The van der Waals surface area contributed by atoms with Crippen LogP contribution in [-0.2, 0) is 0 Å². The number of aromatic nitrogens is 2. The first-order valence-corrected chi connectivity index (χ1v) is 11.6. The predicted molar refractivity (Wildman–Crippen MR) is 119 cm³/mol. The zero-order chi connectivity index (χ0) is 19.7. The standard InChI is InChI=1S/C21H24N4OS2/c1-13-7-8-14(2)16(11-13)22-19(26)17-12-15-18(25-9-5-4-6-10-25)23-21(27-3)24-20(15)28-17/h7-8,11-12H,4-6,9-10H2,1-3H3,(H,22,26). The van der Waals surface area contributed by atoms with Gasteiger partial charge < -0.3 is 10.2 Å². The van der Waals surface area contributed by atoms with E-state index in [0.717, 1.165) is 51.1 Å². The molecule has 28 heavy (non-hydrogen) atoms. The summed E-state index contributed by atoms with van der Waals surface area (Å²) in [7, 11) is 0. The van der Waals surface area contributed by atoms with Gasteiger partial charge >= 0.3 is 0 Å². The molecule has 2 aromatic heterocycles. The molecule has 3 heterocycles. The van der Waals surface area contributed by atoms with E-state index in [1.807, 2.05) is 38.3 Å². The number of carbonyl (C=O) groups excluding carboxylic acids is 1. The van der Waals surface area contributed by atoms with Crippen LogP contribution in [0.25, 0.3) is 10.2 Å². The van der Waals surface area contributed by atoms with Crippen molar-refractivity contribution in [2.75, 3.05) is 29.6 Å². The van der Waals surface area contributed by atoms with E-state index >= 15 is 0 Å². The van der Waals surface area contributed by atoms with Crippen molar-refractivity contribution in [3.8, 4) is 0 Å². The Morgan fingerprint density at radius 3 is 2.68 bits per heavy atom. The first-order valence-electron chi connectivity index (χ1n) is 9.54. The van der Waals surface area contributed by atoms with Gasteiger partial charge in [0.1, 0.15) is 10.6 Å². The number of carbonyl (C=O) groups is 1. The summed E-state index contributed by atoms with van der Waals surface area (Å²) in [5.41, 5.74) is 3.04. The molecule has 1 amide bonds. The maximum absolute atomic E-state index is 12.9. The van der Waals surface area contributed by atoms with Crippen molar-refractivity contribution >= 4 is 50.7 Å². The van der Waals surface area contributed by atoms with Crippen LogP contribution >= 0.6 is 23.1 Å². The van der Waals surface area contributed by atoms with Gasteiger partial charge in [-0.1, -0.05) is 23.9 Å². The Balaban J connectivity index is 1.70. The minimum absolute atomic E-state index is 0.0907. The SMILES string of the molecule is CSc1nc(N2CCCCC2)c2cc(C(=O)Nc3cc(C)ccc3C)sc2n1. The van der Waals surface area contributed by atoms with Gasteiger partial charge in [0.05, 0.1) is 10.3 Å². The third-order valence-corrected chi connectivity index (χ3v) is 6.63. The van der Waals surface area contributed by atoms with Crippen LogP contribution in [0.1, 0.15) is 40.1 Å². The van der Waals surface area contributed by atoms with Crippen LogP contribution in [0.2, 0.25) is 0 Å². The van der Waals surface area contributed by atoms with E-state index in [9.17, 15) is 4.79 Å². The number of fused-ring (bicyclic) bond motifs is 1. The van der Waals surface area contributed by atoms with E-state index < -0.39 is 0 Å². The number of amides is 1. The molecule has 5 nitrogen and oxygen atoms in total. The van der Waals surface area contributed by atoms with Gasteiger partial charge in [0.2, 0.25) is 0 Å². The number of anilines is 2. The molecule has 0 atom stereocenters. The Labute approximate surface area is 173 Å². The molecule has 4 rings (SSSR count). The highest BCUT2D eigenvalue weighted by Gasteiger charge is 2.21. The van der Waals surface area contributed by atoms with Crippen LogP contribution < -0.4 is 10.2 Å². The summed E-state index contributed by atoms with van der Waals surface area (Å²) in [6.45, 7) is 6.06. The highest BCUT2D eigenvalue weighted by molar-refractivity contribution is 7.98. The number of hydrogen-bond acceptors (Lipinski definition) is 6. The van der Waals surface area contributed by atoms with Crippen LogP contribution in [0.15, 0.2) is 29.4 Å². The molecule has 1 fully saturated rings. The van der Waals surface area contributed by atoms with Crippen LogP contribution in [-0.4, -0.2) is 35.2 Å². The van der Waals surface area contributed by atoms with E-state index in [-0.39, 0.29) is 5.91 Å². The van der Waals surface area contributed by atoms with Crippen LogP contribution in [0.5, 0.6) is 0 Å². The number of thioether (sulfide) groups is 1. The van der Waals surface area contributed by atoms with E-state index in [1.54, 1.807) is 11.8 Å². The Bertz CT molecular complexity index is 1020. The summed E-state index contributed by atoms with van der Waals surface area (Å²) >= 11 is 2.98. The molecule has 1 saturated heterocycles. The number of thiophene rings is 1. The zero-order valence-corrected chi connectivity index (χ0v) is 18.0. The summed E-state index contributed by atoms with van der Waals surface area (Å²) in [5.74, 6) is 0.878. The fraction of sp³-hybridized carbons (Fsp3) is 0.381. The molecule has 0 spiro atoms. The van der Waals surface area contributed by atoms with Crippen LogP contribution in [0.3, 0.4) is 0 Å². The highest BCUT2D eigenvalue weighted by atomic mass is 32.2. The molecule has 0 saturated carbocycles. The summed E-state index contributed by atoms with van der Waals surface area (Å²) in [5, 5.41) is 4.80. The predicted octanol–water partition coefficient (Wildman–Crippen LogP) is 5.27. The van der Waals surface area contributed by atoms with Crippen molar-refractivity contribution < 1.29 is 4.79 Å². The molecule has 1 aromatic carbocycles. The zero-order valence-electron chi connectivity index (χ0n) is 16.4. The molecule has 0 bridgehead atoms.